The number of hydrogen-bond acceptors (Lipinski definition) is 5. The van der Waals surface area contributed by atoms with Gasteiger partial charge in [0, 0.05) is 37.9 Å². The molecule has 0 aliphatic carbocycles. The van der Waals surface area contributed by atoms with Gasteiger partial charge in [-0.3, -0.25) is 18.7 Å². The maximum atomic E-state index is 13.2. The van der Waals surface area contributed by atoms with Gasteiger partial charge in [0.25, 0.3) is 5.56 Å². The fourth-order valence-corrected chi connectivity index (χ4v) is 4.31. The molecule has 1 aromatic heterocycles. The van der Waals surface area contributed by atoms with Gasteiger partial charge in [0.05, 0.1) is 18.0 Å². The van der Waals surface area contributed by atoms with Crippen molar-refractivity contribution in [3.05, 3.63) is 69.4 Å². The molecular formula is C25H30N4O4. The standard InChI is InChI=1S/C25H30N4O4/c1-4-18(2)29-24(31)21-7-5-6-8-22(21)28(25(29)32)17-23(30)27-15-13-26(14-16-27)19-9-11-20(33-3)12-10-19/h5-12,18H,4,13-17H2,1-3H3/t18-/m1/s1. The van der Waals surface area contributed by atoms with Crippen molar-refractivity contribution in [1.82, 2.24) is 14.0 Å². The second-order valence-electron chi connectivity index (χ2n) is 8.38. The number of nitrogens with zero attached hydrogens (tertiary/aromatic N) is 4. The summed E-state index contributed by atoms with van der Waals surface area (Å²) in [4.78, 5) is 43.4. The van der Waals surface area contributed by atoms with Crippen LogP contribution in [0.4, 0.5) is 5.69 Å². The highest BCUT2D eigenvalue weighted by Crippen LogP contribution is 2.20. The van der Waals surface area contributed by atoms with Crippen molar-refractivity contribution in [3.8, 4) is 5.75 Å². The molecular weight excluding hydrogens is 420 g/mol. The van der Waals surface area contributed by atoms with E-state index in [4.69, 9.17) is 4.74 Å². The monoisotopic (exact) mass is 450 g/mol. The van der Waals surface area contributed by atoms with E-state index in [-0.39, 0.29) is 24.1 Å². The van der Waals surface area contributed by atoms with Gasteiger partial charge >= 0.3 is 5.69 Å². The molecule has 2 heterocycles. The molecule has 0 radical (unpaired) electrons. The van der Waals surface area contributed by atoms with E-state index in [0.717, 1.165) is 11.4 Å². The third-order valence-electron chi connectivity index (χ3n) is 6.48. The summed E-state index contributed by atoms with van der Waals surface area (Å²) < 4.78 is 7.94. The van der Waals surface area contributed by atoms with Crippen molar-refractivity contribution in [2.75, 3.05) is 38.2 Å². The van der Waals surface area contributed by atoms with Gasteiger partial charge in [0.15, 0.2) is 0 Å². The van der Waals surface area contributed by atoms with E-state index in [1.807, 2.05) is 38.1 Å². The average Bonchev–Trinajstić information content (AvgIpc) is 2.86. The molecule has 1 fully saturated rings. The Labute approximate surface area is 192 Å². The Morgan fingerprint density at radius 1 is 1.00 bits per heavy atom. The van der Waals surface area contributed by atoms with Gasteiger partial charge in [-0.05, 0) is 49.7 Å². The number of carbonyl (C=O) groups is 1. The average molecular weight is 451 g/mol. The lowest BCUT2D eigenvalue weighted by Gasteiger charge is -2.36. The molecule has 1 amide bonds. The summed E-state index contributed by atoms with van der Waals surface area (Å²) in [6.45, 7) is 6.26. The van der Waals surface area contributed by atoms with E-state index in [0.29, 0.717) is 43.5 Å². The second-order valence-corrected chi connectivity index (χ2v) is 8.38. The Kier molecular flexibility index (Phi) is 6.53. The second kappa shape index (κ2) is 9.52. The number of methoxy groups -OCH3 is 1. The molecule has 174 valence electrons. The largest absolute Gasteiger partial charge is 0.497 e. The first-order valence-electron chi connectivity index (χ1n) is 11.4. The molecule has 33 heavy (non-hydrogen) atoms. The Morgan fingerprint density at radius 2 is 1.67 bits per heavy atom. The number of para-hydroxylation sites is 1. The van der Waals surface area contributed by atoms with Crippen LogP contribution >= 0.6 is 0 Å². The molecule has 1 aliphatic rings. The topological polar surface area (TPSA) is 76.8 Å². The van der Waals surface area contributed by atoms with Crippen LogP contribution in [-0.2, 0) is 11.3 Å². The highest BCUT2D eigenvalue weighted by atomic mass is 16.5. The van der Waals surface area contributed by atoms with Crippen molar-refractivity contribution in [3.63, 3.8) is 0 Å². The Bertz CT molecular complexity index is 1250. The molecule has 1 aliphatic heterocycles. The van der Waals surface area contributed by atoms with E-state index in [9.17, 15) is 14.4 Å². The van der Waals surface area contributed by atoms with Gasteiger partial charge in [-0.15, -0.1) is 0 Å². The number of fused-ring (bicyclic) bond motifs is 1. The molecule has 0 spiro atoms. The number of rotatable bonds is 6. The van der Waals surface area contributed by atoms with Crippen molar-refractivity contribution >= 4 is 22.5 Å². The van der Waals surface area contributed by atoms with Crippen LogP contribution in [0.1, 0.15) is 26.3 Å². The van der Waals surface area contributed by atoms with Gasteiger partial charge < -0.3 is 14.5 Å². The van der Waals surface area contributed by atoms with Gasteiger partial charge in [0.1, 0.15) is 12.3 Å². The normalized spacial score (nSPS) is 15.0. The number of benzene rings is 2. The van der Waals surface area contributed by atoms with E-state index in [1.54, 1.807) is 36.3 Å². The molecule has 1 saturated heterocycles. The Hall–Kier alpha value is -3.55. The maximum Gasteiger partial charge on any atom is 0.332 e. The minimum atomic E-state index is -0.432. The molecule has 0 unspecified atom stereocenters. The van der Waals surface area contributed by atoms with Crippen LogP contribution in [0.3, 0.4) is 0 Å². The minimum absolute atomic E-state index is 0.0847. The fraction of sp³-hybridized carbons (Fsp3) is 0.400. The predicted molar refractivity (Wildman–Crippen MR) is 129 cm³/mol. The summed E-state index contributed by atoms with van der Waals surface area (Å²) >= 11 is 0. The lowest BCUT2D eigenvalue weighted by molar-refractivity contribution is -0.132. The molecule has 0 N–H and O–H groups in total. The maximum absolute atomic E-state index is 13.2. The number of piperazine rings is 1. The fourth-order valence-electron chi connectivity index (χ4n) is 4.31. The number of aromatic nitrogens is 2. The van der Waals surface area contributed by atoms with E-state index in [2.05, 4.69) is 4.90 Å². The van der Waals surface area contributed by atoms with Gasteiger partial charge in [-0.1, -0.05) is 19.1 Å². The van der Waals surface area contributed by atoms with Crippen molar-refractivity contribution < 1.29 is 9.53 Å². The zero-order valence-corrected chi connectivity index (χ0v) is 19.4. The highest BCUT2D eigenvalue weighted by molar-refractivity contribution is 5.82. The van der Waals surface area contributed by atoms with E-state index < -0.39 is 5.69 Å². The Morgan fingerprint density at radius 3 is 2.30 bits per heavy atom. The molecule has 0 bridgehead atoms. The third-order valence-corrected chi connectivity index (χ3v) is 6.48. The van der Waals surface area contributed by atoms with Crippen LogP contribution in [0.25, 0.3) is 10.9 Å². The lowest BCUT2D eigenvalue weighted by atomic mass is 10.2. The first-order chi connectivity index (χ1) is 15.9. The van der Waals surface area contributed by atoms with Crippen molar-refractivity contribution in [1.29, 1.82) is 0 Å². The zero-order chi connectivity index (χ0) is 23.5. The number of carbonyl (C=O) groups excluding carboxylic acids is 1. The number of ether oxygens (including phenoxy) is 1. The zero-order valence-electron chi connectivity index (χ0n) is 19.4. The summed E-state index contributed by atoms with van der Waals surface area (Å²) in [5.41, 5.74) is 0.850. The van der Waals surface area contributed by atoms with E-state index in [1.165, 1.54) is 9.13 Å². The summed E-state index contributed by atoms with van der Waals surface area (Å²) in [5, 5.41) is 0.453. The predicted octanol–water partition coefficient (Wildman–Crippen LogP) is 2.49. The molecule has 3 aromatic rings. The van der Waals surface area contributed by atoms with Crippen molar-refractivity contribution in [2.24, 2.45) is 0 Å². The molecule has 8 heteroatoms. The van der Waals surface area contributed by atoms with Crippen LogP contribution in [0, 0.1) is 0 Å². The van der Waals surface area contributed by atoms with Crippen LogP contribution in [0.2, 0.25) is 0 Å². The number of anilines is 1. The van der Waals surface area contributed by atoms with Crippen LogP contribution in [0.5, 0.6) is 5.75 Å². The molecule has 2 aromatic carbocycles. The Balaban J connectivity index is 1.55. The minimum Gasteiger partial charge on any atom is -0.497 e. The lowest BCUT2D eigenvalue weighted by Crippen LogP contribution is -2.51. The quantitative estimate of drug-likeness (QED) is 0.577. The van der Waals surface area contributed by atoms with Gasteiger partial charge in [-0.25, -0.2) is 4.79 Å². The number of amides is 1. The van der Waals surface area contributed by atoms with Crippen LogP contribution in [-0.4, -0.2) is 53.2 Å². The molecule has 4 rings (SSSR count). The molecule has 0 saturated carbocycles. The summed E-state index contributed by atoms with van der Waals surface area (Å²) in [6.07, 6.45) is 0.648. The molecule has 1 atom stereocenters. The molecule has 8 nitrogen and oxygen atoms in total. The smallest absolute Gasteiger partial charge is 0.332 e. The van der Waals surface area contributed by atoms with E-state index >= 15 is 0 Å². The first-order valence-corrected chi connectivity index (χ1v) is 11.4. The van der Waals surface area contributed by atoms with Gasteiger partial charge in [-0.2, -0.15) is 0 Å². The van der Waals surface area contributed by atoms with Gasteiger partial charge in [0.2, 0.25) is 5.91 Å². The van der Waals surface area contributed by atoms with Crippen molar-refractivity contribution in [2.45, 2.75) is 32.9 Å². The summed E-state index contributed by atoms with van der Waals surface area (Å²) in [7, 11) is 1.64. The highest BCUT2D eigenvalue weighted by Gasteiger charge is 2.24. The summed E-state index contributed by atoms with van der Waals surface area (Å²) in [6, 6.07) is 14.6. The third kappa shape index (κ3) is 4.37. The first kappa shape index (κ1) is 22.6. The van der Waals surface area contributed by atoms with Crippen LogP contribution < -0.4 is 20.9 Å². The SMILES string of the molecule is CC[C@@H](C)n1c(=O)c2ccccc2n(CC(=O)N2CCN(c3ccc(OC)cc3)CC2)c1=O. The van der Waals surface area contributed by atoms with Crippen LogP contribution in [0.15, 0.2) is 58.1 Å². The number of hydrogen-bond donors (Lipinski definition) is 0. The summed E-state index contributed by atoms with van der Waals surface area (Å²) in [5.74, 6) is 0.690.